The number of methoxy groups -OCH3 is 1. The summed E-state index contributed by atoms with van der Waals surface area (Å²) in [6.07, 6.45) is -1.54. The second-order valence-corrected chi connectivity index (χ2v) is 5.85. The van der Waals surface area contributed by atoms with E-state index in [0.29, 0.717) is 10.0 Å². The summed E-state index contributed by atoms with van der Waals surface area (Å²) in [5, 5.41) is 11.4. The fraction of sp³-hybridized carbons (Fsp3) is 0.538. The van der Waals surface area contributed by atoms with Crippen molar-refractivity contribution in [1.82, 2.24) is 0 Å². The molecule has 104 valence electrons. The van der Waals surface area contributed by atoms with Crippen molar-refractivity contribution in [2.24, 2.45) is 0 Å². The molecule has 1 N–H and O–H groups in total. The second kappa shape index (κ2) is 4.58. The molecule has 0 radical (unpaired) electrons. The van der Waals surface area contributed by atoms with Crippen LogP contribution in [0.15, 0.2) is 18.2 Å². The summed E-state index contributed by atoms with van der Waals surface area (Å²) in [5.41, 5.74) is -0.277. The van der Waals surface area contributed by atoms with Crippen molar-refractivity contribution in [3.05, 3.63) is 33.8 Å². The maximum Gasteiger partial charge on any atom is 0.188 e. The Kier molecular flexibility index (Phi) is 3.29. The van der Waals surface area contributed by atoms with Crippen LogP contribution in [0.3, 0.4) is 0 Å². The topological polar surface area (TPSA) is 51.2 Å². The molecule has 0 spiro atoms. The molecule has 2 saturated heterocycles. The monoisotopic (exact) mass is 304 g/mol. The molecule has 19 heavy (non-hydrogen) atoms. The Hall–Kier alpha value is -0.360. The van der Waals surface area contributed by atoms with E-state index in [0.717, 1.165) is 5.56 Å². The smallest absolute Gasteiger partial charge is 0.188 e. The first kappa shape index (κ1) is 13.6. The van der Waals surface area contributed by atoms with Crippen LogP contribution in [0, 0.1) is 0 Å². The minimum atomic E-state index is -1.09. The Morgan fingerprint density at radius 2 is 2.05 bits per heavy atom. The lowest BCUT2D eigenvalue weighted by molar-refractivity contribution is -0.166. The average Bonchev–Trinajstić information content (AvgIpc) is 3.08. The van der Waals surface area contributed by atoms with Gasteiger partial charge in [0, 0.05) is 7.11 Å². The Morgan fingerprint density at radius 1 is 1.32 bits per heavy atom. The van der Waals surface area contributed by atoms with Gasteiger partial charge < -0.3 is 19.3 Å². The summed E-state index contributed by atoms with van der Waals surface area (Å²) in [6.45, 7) is 1.69. The second-order valence-electron chi connectivity index (χ2n) is 5.04. The zero-order chi connectivity index (χ0) is 13.8. The quantitative estimate of drug-likeness (QED) is 0.872. The number of halogens is 2. The van der Waals surface area contributed by atoms with Crippen LogP contribution in [0.4, 0.5) is 0 Å². The van der Waals surface area contributed by atoms with Gasteiger partial charge in [-0.3, -0.25) is 0 Å². The summed E-state index contributed by atoms with van der Waals surface area (Å²) in [6, 6.07) is 5.24. The molecule has 0 aromatic heterocycles. The van der Waals surface area contributed by atoms with Gasteiger partial charge in [-0.05, 0) is 24.6 Å². The molecule has 0 saturated carbocycles. The number of fused-ring (bicyclic) bond motifs is 1. The van der Waals surface area contributed by atoms with Gasteiger partial charge in [-0.15, -0.1) is 0 Å². The molecule has 2 aliphatic rings. The first-order valence-electron chi connectivity index (χ1n) is 5.96. The normalized spacial score (nSPS) is 38.1. The van der Waals surface area contributed by atoms with Crippen molar-refractivity contribution in [3.63, 3.8) is 0 Å². The molecular formula is C13H14Cl2O4. The van der Waals surface area contributed by atoms with E-state index >= 15 is 0 Å². The van der Waals surface area contributed by atoms with Gasteiger partial charge in [-0.1, -0.05) is 29.3 Å². The van der Waals surface area contributed by atoms with E-state index in [-0.39, 0.29) is 12.4 Å². The van der Waals surface area contributed by atoms with Crippen molar-refractivity contribution in [2.45, 2.75) is 37.1 Å². The molecule has 3 rings (SSSR count). The van der Waals surface area contributed by atoms with Gasteiger partial charge in [0.15, 0.2) is 6.29 Å². The van der Waals surface area contributed by atoms with Gasteiger partial charge in [-0.25, -0.2) is 0 Å². The highest BCUT2D eigenvalue weighted by molar-refractivity contribution is 6.42. The fourth-order valence-corrected chi connectivity index (χ4v) is 2.87. The molecule has 2 heterocycles. The molecule has 0 unspecified atom stereocenters. The van der Waals surface area contributed by atoms with Crippen LogP contribution in [0.2, 0.25) is 10.0 Å². The third-order valence-corrected chi connectivity index (χ3v) is 4.42. The van der Waals surface area contributed by atoms with Crippen molar-refractivity contribution in [2.75, 3.05) is 7.11 Å². The number of ether oxygens (including phenoxy) is 3. The van der Waals surface area contributed by atoms with Gasteiger partial charge in [0.2, 0.25) is 0 Å². The van der Waals surface area contributed by atoms with Crippen LogP contribution in [-0.2, 0) is 14.2 Å². The summed E-state index contributed by atoms with van der Waals surface area (Å²) < 4.78 is 16.3. The SMILES string of the molecule is CO[C@H](c1ccc(Cl)c(Cl)c1)[C@H]1O[C@@H]2O[C@@H]2[C@]1(C)O. The van der Waals surface area contributed by atoms with E-state index in [9.17, 15) is 5.11 Å². The standard InChI is InChI=1S/C13H14Cl2O4/c1-13(16)10(18-12-11(13)19-12)9(17-2)6-3-4-7(14)8(15)5-6/h3-5,9-12,16H,1-2H3/t9-,10-,11+,12-,13-/m1/s1. The van der Waals surface area contributed by atoms with E-state index in [2.05, 4.69) is 0 Å². The lowest BCUT2D eigenvalue weighted by Gasteiger charge is -2.32. The van der Waals surface area contributed by atoms with Crippen LogP contribution in [0.5, 0.6) is 0 Å². The van der Waals surface area contributed by atoms with Gasteiger partial charge in [-0.2, -0.15) is 0 Å². The summed E-state index contributed by atoms with van der Waals surface area (Å²) in [5.74, 6) is 0. The lowest BCUT2D eigenvalue weighted by atomic mass is 9.90. The Morgan fingerprint density at radius 3 is 2.58 bits per heavy atom. The molecule has 2 aliphatic heterocycles. The van der Waals surface area contributed by atoms with Crippen LogP contribution in [0.25, 0.3) is 0 Å². The van der Waals surface area contributed by atoms with Gasteiger partial charge >= 0.3 is 0 Å². The highest BCUT2D eigenvalue weighted by Crippen LogP contribution is 2.49. The van der Waals surface area contributed by atoms with E-state index in [1.165, 1.54) is 0 Å². The zero-order valence-corrected chi connectivity index (χ0v) is 12.0. The van der Waals surface area contributed by atoms with E-state index in [1.807, 2.05) is 6.07 Å². The number of epoxide rings is 1. The van der Waals surface area contributed by atoms with Gasteiger partial charge in [0.1, 0.15) is 23.9 Å². The minimum Gasteiger partial charge on any atom is -0.384 e. The minimum absolute atomic E-state index is 0.280. The molecule has 0 bridgehead atoms. The van der Waals surface area contributed by atoms with Crippen LogP contribution < -0.4 is 0 Å². The molecule has 1 aromatic rings. The Labute approximate surface area is 121 Å². The third-order valence-electron chi connectivity index (χ3n) is 3.69. The summed E-state index contributed by atoms with van der Waals surface area (Å²) in [7, 11) is 1.57. The zero-order valence-electron chi connectivity index (χ0n) is 10.5. The van der Waals surface area contributed by atoms with Crippen molar-refractivity contribution < 1.29 is 19.3 Å². The number of rotatable bonds is 3. The maximum atomic E-state index is 10.5. The van der Waals surface area contributed by atoms with Crippen LogP contribution in [0.1, 0.15) is 18.6 Å². The molecule has 0 amide bonds. The predicted octanol–water partition coefficient (Wildman–Crippen LogP) is 2.56. The third kappa shape index (κ3) is 2.17. The average molecular weight is 305 g/mol. The van der Waals surface area contributed by atoms with Gasteiger partial charge in [0.05, 0.1) is 10.0 Å². The van der Waals surface area contributed by atoms with Gasteiger partial charge in [0.25, 0.3) is 0 Å². The Bertz CT molecular complexity index is 505. The summed E-state index contributed by atoms with van der Waals surface area (Å²) in [4.78, 5) is 0. The number of hydrogen-bond acceptors (Lipinski definition) is 4. The number of aliphatic hydroxyl groups is 1. The van der Waals surface area contributed by atoms with Crippen LogP contribution in [-0.4, -0.2) is 36.3 Å². The lowest BCUT2D eigenvalue weighted by Crippen LogP contribution is -2.45. The maximum absolute atomic E-state index is 10.5. The molecule has 1 aromatic carbocycles. The molecule has 2 fully saturated rings. The Balaban J connectivity index is 1.90. The highest BCUT2D eigenvalue weighted by Gasteiger charge is 2.66. The van der Waals surface area contributed by atoms with E-state index in [4.69, 9.17) is 37.4 Å². The highest BCUT2D eigenvalue weighted by atomic mass is 35.5. The van der Waals surface area contributed by atoms with Crippen molar-refractivity contribution >= 4 is 23.2 Å². The molecule has 4 nitrogen and oxygen atoms in total. The molecule has 0 aliphatic carbocycles. The predicted molar refractivity (Wildman–Crippen MR) is 70.4 cm³/mol. The van der Waals surface area contributed by atoms with Crippen LogP contribution >= 0.6 is 23.2 Å². The first-order valence-corrected chi connectivity index (χ1v) is 6.71. The van der Waals surface area contributed by atoms with E-state index in [1.54, 1.807) is 26.2 Å². The fourth-order valence-electron chi connectivity index (χ4n) is 2.56. The molecule has 6 heteroatoms. The number of hydrogen-bond donors (Lipinski definition) is 1. The first-order chi connectivity index (χ1) is 8.95. The van der Waals surface area contributed by atoms with E-state index < -0.39 is 17.8 Å². The number of benzene rings is 1. The van der Waals surface area contributed by atoms with Crippen molar-refractivity contribution in [3.8, 4) is 0 Å². The molecule has 5 atom stereocenters. The van der Waals surface area contributed by atoms with Crippen molar-refractivity contribution in [1.29, 1.82) is 0 Å². The largest absolute Gasteiger partial charge is 0.384 e. The molecular weight excluding hydrogens is 291 g/mol. The summed E-state index contributed by atoms with van der Waals surface area (Å²) >= 11 is 11.9.